The van der Waals surface area contributed by atoms with Gasteiger partial charge in [-0.2, -0.15) is 0 Å². The van der Waals surface area contributed by atoms with Crippen molar-refractivity contribution in [2.24, 2.45) is 10.9 Å². The summed E-state index contributed by atoms with van der Waals surface area (Å²) >= 11 is 0. The van der Waals surface area contributed by atoms with Gasteiger partial charge in [-0.25, -0.2) is 8.42 Å². The van der Waals surface area contributed by atoms with E-state index in [0.29, 0.717) is 25.7 Å². The number of sulfone groups is 1. The van der Waals surface area contributed by atoms with E-state index in [0.717, 1.165) is 19.4 Å². The van der Waals surface area contributed by atoms with Crippen molar-refractivity contribution in [1.82, 2.24) is 10.2 Å². The van der Waals surface area contributed by atoms with E-state index in [-0.39, 0.29) is 24.2 Å². The zero-order chi connectivity index (χ0) is 16.6. The van der Waals surface area contributed by atoms with Crippen molar-refractivity contribution in [1.29, 1.82) is 0 Å². The van der Waals surface area contributed by atoms with E-state index in [4.69, 9.17) is 4.74 Å². The van der Waals surface area contributed by atoms with Crippen molar-refractivity contribution in [2.75, 3.05) is 44.8 Å². The molecule has 0 spiro atoms. The van der Waals surface area contributed by atoms with Crippen LogP contribution in [0.5, 0.6) is 0 Å². The van der Waals surface area contributed by atoms with Crippen LogP contribution in [-0.4, -0.2) is 70.0 Å². The lowest BCUT2D eigenvalue weighted by Crippen LogP contribution is -2.47. The molecule has 128 valence electrons. The summed E-state index contributed by atoms with van der Waals surface area (Å²) in [5.41, 5.74) is 0. The highest BCUT2D eigenvalue weighted by Crippen LogP contribution is 2.18. The van der Waals surface area contributed by atoms with Gasteiger partial charge in [0.25, 0.3) is 0 Å². The molecule has 1 heterocycles. The van der Waals surface area contributed by atoms with Crippen molar-refractivity contribution in [3.63, 3.8) is 0 Å². The molecule has 0 saturated carbocycles. The second kappa shape index (κ2) is 8.97. The van der Waals surface area contributed by atoms with Crippen molar-refractivity contribution >= 4 is 21.8 Å². The number of nitrogens with one attached hydrogen (secondary N) is 1. The van der Waals surface area contributed by atoms with E-state index in [1.807, 2.05) is 13.8 Å². The Balaban J connectivity index is 2.56. The quantitative estimate of drug-likeness (QED) is 0.426. The number of esters is 1. The standard InChI is InChI=1S/C14H27N3O4S/c1-4-15-14(16-8-11-22(3,19)20)17-9-6-12(7-10-17)13(18)21-5-2/h12H,4-11H2,1-3H3,(H,15,16). The molecule has 0 aromatic heterocycles. The summed E-state index contributed by atoms with van der Waals surface area (Å²) in [5.74, 6) is 0.589. The van der Waals surface area contributed by atoms with Gasteiger partial charge in [-0.3, -0.25) is 9.79 Å². The highest BCUT2D eigenvalue weighted by molar-refractivity contribution is 7.90. The van der Waals surface area contributed by atoms with Crippen LogP contribution in [0.1, 0.15) is 26.7 Å². The number of aliphatic imine (C=N–C) groups is 1. The van der Waals surface area contributed by atoms with Crippen molar-refractivity contribution < 1.29 is 17.9 Å². The van der Waals surface area contributed by atoms with E-state index < -0.39 is 9.84 Å². The minimum absolute atomic E-state index is 0.0428. The molecule has 1 fully saturated rings. The topological polar surface area (TPSA) is 88.1 Å². The number of hydrogen-bond acceptors (Lipinski definition) is 5. The molecule has 0 unspecified atom stereocenters. The van der Waals surface area contributed by atoms with Crippen molar-refractivity contribution in [3.05, 3.63) is 0 Å². The van der Waals surface area contributed by atoms with E-state index in [1.54, 1.807) is 0 Å². The van der Waals surface area contributed by atoms with Crippen molar-refractivity contribution in [2.45, 2.75) is 26.7 Å². The summed E-state index contributed by atoms with van der Waals surface area (Å²) in [4.78, 5) is 18.2. The maximum absolute atomic E-state index is 11.7. The molecule has 0 radical (unpaired) electrons. The maximum Gasteiger partial charge on any atom is 0.309 e. The van der Waals surface area contributed by atoms with Crippen LogP contribution in [0.2, 0.25) is 0 Å². The van der Waals surface area contributed by atoms with Gasteiger partial charge in [0.1, 0.15) is 9.84 Å². The smallest absolute Gasteiger partial charge is 0.309 e. The summed E-state index contributed by atoms with van der Waals surface area (Å²) in [6.45, 7) is 6.59. The van der Waals surface area contributed by atoms with E-state index in [1.165, 1.54) is 6.26 Å². The second-order valence-corrected chi connectivity index (χ2v) is 7.64. The zero-order valence-corrected chi connectivity index (χ0v) is 14.5. The Bertz CT molecular complexity index is 482. The average Bonchev–Trinajstić information content (AvgIpc) is 2.45. The maximum atomic E-state index is 11.7. The summed E-state index contributed by atoms with van der Waals surface area (Å²) in [6, 6.07) is 0. The Morgan fingerprint density at radius 3 is 2.45 bits per heavy atom. The molecule has 0 aromatic rings. The molecule has 7 nitrogen and oxygen atoms in total. The van der Waals surface area contributed by atoms with Crippen LogP contribution in [0, 0.1) is 5.92 Å². The highest BCUT2D eigenvalue weighted by Gasteiger charge is 2.27. The summed E-state index contributed by atoms with van der Waals surface area (Å²) in [7, 11) is -3.01. The molecule has 22 heavy (non-hydrogen) atoms. The Hall–Kier alpha value is -1.31. The number of carbonyl (C=O) groups is 1. The van der Waals surface area contributed by atoms with Gasteiger partial charge >= 0.3 is 5.97 Å². The van der Waals surface area contributed by atoms with E-state index in [2.05, 4.69) is 15.2 Å². The van der Waals surface area contributed by atoms with Gasteiger partial charge in [-0.1, -0.05) is 0 Å². The third-order valence-electron chi connectivity index (χ3n) is 3.47. The Labute approximate surface area is 133 Å². The first-order valence-corrected chi connectivity index (χ1v) is 9.81. The lowest BCUT2D eigenvalue weighted by molar-refractivity contribution is -0.149. The molecule has 1 saturated heterocycles. The fourth-order valence-electron chi connectivity index (χ4n) is 2.33. The van der Waals surface area contributed by atoms with Gasteiger partial charge in [-0.15, -0.1) is 0 Å². The van der Waals surface area contributed by atoms with Gasteiger partial charge < -0.3 is 15.0 Å². The molecular weight excluding hydrogens is 306 g/mol. The van der Waals surface area contributed by atoms with Gasteiger partial charge in [-0.05, 0) is 26.7 Å². The molecule has 0 atom stereocenters. The fourth-order valence-corrected chi connectivity index (χ4v) is 2.75. The highest BCUT2D eigenvalue weighted by atomic mass is 32.2. The van der Waals surface area contributed by atoms with Gasteiger partial charge in [0.05, 0.1) is 24.8 Å². The number of guanidine groups is 1. The first kappa shape index (κ1) is 18.7. The monoisotopic (exact) mass is 333 g/mol. The number of likely N-dealkylation sites (tertiary alicyclic amines) is 1. The fraction of sp³-hybridized carbons (Fsp3) is 0.857. The number of nitrogens with zero attached hydrogens (tertiary/aromatic N) is 2. The minimum atomic E-state index is -3.01. The molecule has 0 aromatic carbocycles. The summed E-state index contributed by atoms with van der Waals surface area (Å²) in [5, 5.41) is 3.17. The molecule has 1 N–H and O–H groups in total. The third-order valence-corrected chi connectivity index (χ3v) is 4.40. The summed E-state index contributed by atoms with van der Waals surface area (Å²) < 4.78 is 27.4. The molecule has 8 heteroatoms. The van der Waals surface area contributed by atoms with Crippen LogP contribution in [-0.2, 0) is 19.4 Å². The van der Waals surface area contributed by atoms with Crippen LogP contribution >= 0.6 is 0 Å². The van der Waals surface area contributed by atoms with Crippen LogP contribution in [0.3, 0.4) is 0 Å². The number of hydrogen-bond donors (Lipinski definition) is 1. The minimum Gasteiger partial charge on any atom is -0.466 e. The number of ether oxygens (including phenoxy) is 1. The first-order chi connectivity index (χ1) is 10.4. The molecule has 0 aliphatic carbocycles. The molecule has 0 bridgehead atoms. The van der Waals surface area contributed by atoms with Gasteiger partial charge in [0.2, 0.25) is 0 Å². The molecular formula is C14H27N3O4S. The molecule has 1 aliphatic rings. The summed E-state index contributed by atoms with van der Waals surface area (Å²) in [6.07, 6.45) is 2.67. The van der Waals surface area contributed by atoms with Crippen molar-refractivity contribution in [3.8, 4) is 0 Å². The third kappa shape index (κ3) is 6.64. The van der Waals surface area contributed by atoms with E-state index >= 15 is 0 Å². The van der Waals surface area contributed by atoms with Crippen LogP contribution in [0.25, 0.3) is 0 Å². The molecule has 1 aliphatic heterocycles. The van der Waals surface area contributed by atoms with Crippen LogP contribution < -0.4 is 5.32 Å². The first-order valence-electron chi connectivity index (χ1n) is 7.75. The van der Waals surface area contributed by atoms with E-state index in [9.17, 15) is 13.2 Å². The Morgan fingerprint density at radius 1 is 1.32 bits per heavy atom. The SMILES string of the molecule is CCNC(=NCCS(C)(=O)=O)N1CCC(C(=O)OCC)CC1. The lowest BCUT2D eigenvalue weighted by Gasteiger charge is -2.33. The number of rotatable bonds is 6. The normalized spacial score (nSPS) is 17.4. The van der Waals surface area contributed by atoms with Crippen LogP contribution in [0.4, 0.5) is 0 Å². The number of carbonyl (C=O) groups excluding carboxylic acids is 1. The Kier molecular flexibility index (Phi) is 7.64. The average molecular weight is 333 g/mol. The Morgan fingerprint density at radius 2 is 1.95 bits per heavy atom. The van der Waals surface area contributed by atoms with Gasteiger partial charge in [0.15, 0.2) is 5.96 Å². The predicted octanol–water partition coefficient (Wildman–Crippen LogP) is 0.272. The van der Waals surface area contributed by atoms with Gasteiger partial charge in [0, 0.05) is 25.9 Å². The lowest BCUT2D eigenvalue weighted by atomic mass is 9.97. The molecule has 0 amide bonds. The molecule has 1 rings (SSSR count). The number of piperidine rings is 1. The van der Waals surface area contributed by atoms with Crippen LogP contribution in [0.15, 0.2) is 4.99 Å². The second-order valence-electron chi connectivity index (χ2n) is 5.38. The zero-order valence-electron chi connectivity index (χ0n) is 13.7. The predicted molar refractivity (Wildman–Crippen MR) is 86.6 cm³/mol. The largest absolute Gasteiger partial charge is 0.466 e.